The molecule has 1 atom stereocenters. The molecular formula is C24H21F4N5O2. The average molecular weight is 487 g/mol. The van der Waals surface area contributed by atoms with Crippen molar-refractivity contribution in [1.29, 1.82) is 0 Å². The summed E-state index contributed by atoms with van der Waals surface area (Å²) < 4.78 is 63.2. The minimum Gasteiger partial charge on any atom is -0.426 e. The van der Waals surface area contributed by atoms with Crippen LogP contribution < -0.4 is 4.74 Å². The first-order valence-corrected chi connectivity index (χ1v) is 11.1. The molecule has 2 aromatic heterocycles. The molecule has 182 valence electrons. The number of hydrogen-bond acceptors (Lipinski definition) is 6. The maximum atomic E-state index is 14.7. The van der Waals surface area contributed by atoms with E-state index in [1.54, 1.807) is 24.4 Å². The highest BCUT2D eigenvalue weighted by Gasteiger charge is 2.31. The van der Waals surface area contributed by atoms with E-state index in [0.717, 1.165) is 31.4 Å². The van der Waals surface area contributed by atoms with Gasteiger partial charge in [-0.2, -0.15) is 5.10 Å². The molecule has 2 aromatic carbocycles. The summed E-state index contributed by atoms with van der Waals surface area (Å²) >= 11 is 0. The smallest absolute Gasteiger partial charge is 0.426 e. The van der Waals surface area contributed by atoms with E-state index < -0.39 is 12.2 Å². The fourth-order valence-corrected chi connectivity index (χ4v) is 4.34. The molecule has 0 N–H and O–H groups in total. The average Bonchev–Trinajstić information content (AvgIpc) is 3.50. The van der Waals surface area contributed by atoms with Crippen LogP contribution in [0.15, 0.2) is 65.5 Å². The monoisotopic (exact) mass is 487 g/mol. The van der Waals surface area contributed by atoms with Crippen molar-refractivity contribution in [3.8, 4) is 22.7 Å². The molecule has 0 radical (unpaired) electrons. The number of piperidine rings is 1. The summed E-state index contributed by atoms with van der Waals surface area (Å²) in [6, 6.07) is 11.6. The highest BCUT2D eigenvalue weighted by molar-refractivity contribution is 5.64. The summed E-state index contributed by atoms with van der Waals surface area (Å²) in [7, 11) is 0. The topological polar surface area (TPSA) is 69.2 Å². The molecule has 0 amide bonds. The molecule has 4 aromatic rings. The van der Waals surface area contributed by atoms with Crippen molar-refractivity contribution in [3.63, 3.8) is 0 Å². The Labute approximate surface area is 197 Å². The molecule has 11 heteroatoms. The summed E-state index contributed by atoms with van der Waals surface area (Å²) in [5, 5.41) is 12.5. The molecule has 5 rings (SSSR count). The fraction of sp³-hybridized carbons (Fsp3) is 0.292. The fourth-order valence-electron chi connectivity index (χ4n) is 4.34. The number of hydrogen-bond donors (Lipinski definition) is 0. The summed E-state index contributed by atoms with van der Waals surface area (Å²) in [4.78, 5) is 2.20. The van der Waals surface area contributed by atoms with Crippen LogP contribution in [0.25, 0.3) is 16.9 Å². The number of rotatable bonds is 6. The Morgan fingerprint density at radius 1 is 1.06 bits per heavy atom. The first-order chi connectivity index (χ1) is 16.9. The zero-order valence-electron chi connectivity index (χ0n) is 18.5. The van der Waals surface area contributed by atoms with Crippen LogP contribution >= 0.6 is 0 Å². The van der Waals surface area contributed by atoms with Gasteiger partial charge in [0.05, 0.1) is 11.7 Å². The third-order valence-electron chi connectivity index (χ3n) is 5.90. The molecule has 35 heavy (non-hydrogen) atoms. The Morgan fingerprint density at radius 2 is 1.86 bits per heavy atom. The van der Waals surface area contributed by atoms with Crippen molar-refractivity contribution in [2.24, 2.45) is 0 Å². The second kappa shape index (κ2) is 9.49. The van der Waals surface area contributed by atoms with Crippen LogP contribution in [0.1, 0.15) is 36.8 Å². The number of aromatic nitrogens is 4. The first kappa shape index (κ1) is 23.0. The lowest BCUT2D eigenvalue weighted by Gasteiger charge is -2.33. The lowest BCUT2D eigenvalue weighted by Crippen LogP contribution is -2.33. The zero-order chi connectivity index (χ0) is 24.4. The molecule has 7 nitrogen and oxygen atoms in total. The third-order valence-corrected chi connectivity index (χ3v) is 5.90. The second-order valence-electron chi connectivity index (χ2n) is 8.23. The van der Waals surface area contributed by atoms with Crippen LogP contribution in [-0.2, 0) is 6.54 Å². The van der Waals surface area contributed by atoms with Gasteiger partial charge in [0.15, 0.2) is 0 Å². The van der Waals surface area contributed by atoms with E-state index in [-0.39, 0.29) is 11.8 Å². The maximum Gasteiger partial charge on any atom is 0.573 e. The van der Waals surface area contributed by atoms with Crippen molar-refractivity contribution in [3.05, 3.63) is 78.4 Å². The van der Waals surface area contributed by atoms with Crippen LogP contribution in [0.3, 0.4) is 0 Å². The van der Waals surface area contributed by atoms with Crippen LogP contribution in [0.2, 0.25) is 0 Å². The van der Waals surface area contributed by atoms with Gasteiger partial charge in [-0.15, -0.1) is 23.4 Å². The second-order valence-corrected chi connectivity index (χ2v) is 8.23. The molecule has 1 unspecified atom stereocenters. The van der Waals surface area contributed by atoms with Crippen LogP contribution in [0.5, 0.6) is 5.75 Å². The van der Waals surface area contributed by atoms with Crippen LogP contribution in [0.4, 0.5) is 17.6 Å². The highest BCUT2D eigenvalue weighted by atomic mass is 19.4. The predicted octanol–water partition coefficient (Wildman–Crippen LogP) is 5.69. The largest absolute Gasteiger partial charge is 0.573 e. The van der Waals surface area contributed by atoms with Gasteiger partial charge < -0.3 is 9.15 Å². The summed E-state index contributed by atoms with van der Waals surface area (Å²) in [6.07, 6.45) is 1.16. The molecule has 1 fully saturated rings. The molecule has 0 saturated carbocycles. The Hall–Kier alpha value is -3.73. The highest BCUT2D eigenvalue weighted by Crippen LogP contribution is 2.34. The number of ether oxygens (including phenoxy) is 1. The van der Waals surface area contributed by atoms with Gasteiger partial charge in [0.2, 0.25) is 12.3 Å². The standard InChI is InChI=1S/C24H21F4N5O2/c25-20-6-2-1-5-19(20)22-16(13-32-12-4-3-7-21(32)23-30-29-15-34-23)14-33(31-22)17-8-10-18(11-9-17)35-24(26,27)28/h1-2,5-6,8-11,14-15,21H,3-4,7,12-13H2. The predicted molar refractivity (Wildman–Crippen MR) is 117 cm³/mol. The Balaban J connectivity index is 1.50. The quantitative estimate of drug-likeness (QED) is 0.326. The van der Waals surface area contributed by atoms with Gasteiger partial charge in [0.25, 0.3) is 0 Å². The normalized spacial score (nSPS) is 17.0. The summed E-state index contributed by atoms with van der Waals surface area (Å²) in [5.41, 5.74) is 2.06. The maximum absolute atomic E-state index is 14.7. The van der Waals surface area contributed by atoms with Gasteiger partial charge in [0.1, 0.15) is 17.3 Å². The lowest BCUT2D eigenvalue weighted by atomic mass is 10.00. The van der Waals surface area contributed by atoms with Gasteiger partial charge in [-0.1, -0.05) is 18.6 Å². The summed E-state index contributed by atoms with van der Waals surface area (Å²) in [5.74, 6) is -0.219. The van der Waals surface area contributed by atoms with E-state index >= 15 is 0 Å². The van der Waals surface area contributed by atoms with Crippen molar-refractivity contribution < 1.29 is 26.7 Å². The molecule has 0 bridgehead atoms. The van der Waals surface area contributed by atoms with Gasteiger partial charge in [-0.25, -0.2) is 9.07 Å². The van der Waals surface area contributed by atoms with Gasteiger partial charge >= 0.3 is 6.36 Å². The van der Waals surface area contributed by atoms with E-state index in [1.165, 1.54) is 41.4 Å². The van der Waals surface area contributed by atoms with E-state index in [9.17, 15) is 17.6 Å². The molecule has 1 aliphatic rings. The number of likely N-dealkylation sites (tertiary alicyclic amines) is 1. The minimum absolute atomic E-state index is 0.0677. The van der Waals surface area contributed by atoms with E-state index in [4.69, 9.17) is 4.42 Å². The Kier molecular flexibility index (Phi) is 6.25. The molecule has 3 heterocycles. The zero-order valence-corrected chi connectivity index (χ0v) is 18.5. The van der Waals surface area contributed by atoms with Crippen molar-refractivity contribution in [1.82, 2.24) is 24.9 Å². The van der Waals surface area contributed by atoms with Gasteiger partial charge in [-0.05, 0) is 55.8 Å². The lowest BCUT2D eigenvalue weighted by molar-refractivity contribution is -0.274. The molecule has 1 saturated heterocycles. The van der Waals surface area contributed by atoms with E-state index in [2.05, 4.69) is 24.9 Å². The van der Waals surface area contributed by atoms with Crippen molar-refractivity contribution in [2.75, 3.05) is 6.54 Å². The van der Waals surface area contributed by atoms with Crippen molar-refractivity contribution in [2.45, 2.75) is 38.2 Å². The third kappa shape index (κ3) is 5.19. The Bertz CT molecular complexity index is 1270. The van der Waals surface area contributed by atoms with Crippen molar-refractivity contribution >= 4 is 0 Å². The number of alkyl halides is 3. The SMILES string of the molecule is Fc1ccccc1-c1nn(-c2ccc(OC(F)(F)F)cc2)cc1CN1CCCCC1c1nnco1. The minimum atomic E-state index is -4.78. The molecule has 0 aliphatic carbocycles. The molecule has 0 spiro atoms. The van der Waals surface area contributed by atoms with Gasteiger partial charge in [-0.3, -0.25) is 4.90 Å². The van der Waals surface area contributed by atoms with Gasteiger partial charge in [0, 0.05) is 23.9 Å². The van der Waals surface area contributed by atoms with E-state index in [0.29, 0.717) is 29.4 Å². The Morgan fingerprint density at radius 3 is 2.57 bits per heavy atom. The first-order valence-electron chi connectivity index (χ1n) is 11.1. The van der Waals surface area contributed by atoms with E-state index in [1.807, 2.05) is 0 Å². The van der Waals surface area contributed by atoms with Crippen LogP contribution in [-0.4, -0.2) is 37.8 Å². The molecular weight excluding hydrogens is 466 g/mol. The number of nitrogens with zero attached hydrogens (tertiary/aromatic N) is 5. The number of halogens is 4. The summed E-state index contributed by atoms with van der Waals surface area (Å²) in [6.45, 7) is 1.24. The number of benzene rings is 2. The molecule has 1 aliphatic heterocycles. The van der Waals surface area contributed by atoms with Crippen LogP contribution in [0, 0.1) is 5.82 Å².